The quantitative estimate of drug-likeness (QED) is 0.556. The van der Waals surface area contributed by atoms with E-state index in [9.17, 15) is 0 Å². The van der Waals surface area contributed by atoms with Crippen molar-refractivity contribution >= 4 is 40.1 Å². The number of fused-ring (bicyclic) bond motifs is 1. The molecule has 1 unspecified atom stereocenters. The Kier molecular flexibility index (Phi) is 4.58. The van der Waals surface area contributed by atoms with E-state index in [0.717, 1.165) is 20.8 Å². The Balaban J connectivity index is 1.86. The summed E-state index contributed by atoms with van der Waals surface area (Å²) in [4.78, 5) is 7.57. The molecule has 5 heteroatoms. The minimum absolute atomic E-state index is 0.0830. The zero-order chi connectivity index (χ0) is 18.5. The van der Waals surface area contributed by atoms with Crippen molar-refractivity contribution in [2.45, 2.75) is 32.4 Å². The molecule has 134 valence electrons. The number of rotatable bonds is 3. The zero-order valence-electron chi connectivity index (χ0n) is 14.9. The van der Waals surface area contributed by atoms with Gasteiger partial charge < -0.3 is 4.90 Å². The van der Waals surface area contributed by atoms with Crippen LogP contribution in [0.25, 0.3) is 0 Å². The van der Waals surface area contributed by atoms with Crippen LogP contribution in [0.1, 0.15) is 37.9 Å². The van der Waals surface area contributed by atoms with Crippen molar-refractivity contribution in [3.8, 4) is 0 Å². The predicted molar refractivity (Wildman–Crippen MR) is 113 cm³/mol. The van der Waals surface area contributed by atoms with E-state index < -0.39 is 5.54 Å². The number of amidine groups is 1. The molecule has 0 aliphatic carbocycles. The van der Waals surface area contributed by atoms with Crippen molar-refractivity contribution in [2.75, 3.05) is 0 Å². The van der Waals surface area contributed by atoms with Crippen molar-refractivity contribution in [2.24, 2.45) is 10.9 Å². The van der Waals surface area contributed by atoms with Crippen molar-refractivity contribution < 1.29 is 0 Å². The lowest BCUT2D eigenvalue weighted by Crippen LogP contribution is -2.35. The van der Waals surface area contributed by atoms with Gasteiger partial charge in [-0.05, 0) is 53.6 Å². The third kappa shape index (κ3) is 2.87. The summed E-state index contributed by atoms with van der Waals surface area (Å²) in [6.07, 6.45) is 0. The second-order valence-corrected chi connectivity index (χ2v) is 8.90. The maximum absolute atomic E-state index is 6.14. The molecular weight excluding hydrogens is 383 g/mol. The van der Waals surface area contributed by atoms with Crippen LogP contribution in [-0.2, 0) is 5.54 Å². The number of halogens is 2. The molecule has 0 N–H and O–H groups in total. The van der Waals surface area contributed by atoms with Crippen LogP contribution in [0.15, 0.2) is 64.6 Å². The molecule has 0 radical (unpaired) electrons. The average Bonchev–Trinajstić information content (AvgIpc) is 3.12. The van der Waals surface area contributed by atoms with Gasteiger partial charge >= 0.3 is 0 Å². The molecule has 2 atom stereocenters. The first-order valence-electron chi connectivity index (χ1n) is 8.67. The molecule has 0 saturated heterocycles. The number of aliphatic imine (C=N–C) groups is 1. The number of benzene rings is 2. The van der Waals surface area contributed by atoms with Gasteiger partial charge in [0, 0.05) is 15.7 Å². The fourth-order valence-corrected chi connectivity index (χ4v) is 5.16. The molecular formula is C21H20Cl2N2S. The largest absolute Gasteiger partial charge is 0.314 e. The number of thioether (sulfide) groups is 1. The minimum Gasteiger partial charge on any atom is -0.314 e. The van der Waals surface area contributed by atoms with Crippen LogP contribution in [-0.4, -0.2) is 10.1 Å². The summed E-state index contributed by atoms with van der Waals surface area (Å²) in [7, 11) is 0. The molecule has 0 fully saturated rings. The van der Waals surface area contributed by atoms with E-state index in [4.69, 9.17) is 28.2 Å². The molecule has 4 rings (SSSR count). The number of hydrogen-bond donors (Lipinski definition) is 0. The van der Waals surface area contributed by atoms with Gasteiger partial charge in [-0.25, -0.2) is 4.99 Å². The van der Waals surface area contributed by atoms with Crippen LogP contribution in [0.4, 0.5) is 0 Å². The van der Waals surface area contributed by atoms with Crippen LogP contribution < -0.4 is 0 Å². The molecule has 2 aliphatic rings. The lowest BCUT2D eigenvalue weighted by Gasteiger charge is -2.37. The van der Waals surface area contributed by atoms with Crippen molar-refractivity contribution in [1.29, 1.82) is 0 Å². The summed E-state index contributed by atoms with van der Waals surface area (Å²) in [5.41, 5.74) is 3.29. The van der Waals surface area contributed by atoms with E-state index >= 15 is 0 Å². The molecule has 0 aromatic heterocycles. The monoisotopic (exact) mass is 402 g/mol. The Bertz CT molecular complexity index is 887. The summed E-state index contributed by atoms with van der Waals surface area (Å²) < 4.78 is 0. The van der Waals surface area contributed by atoms with Crippen LogP contribution in [0.5, 0.6) is 0 Å². The van der Waals surface area contributed by atoms with Crippen LogP contribution in [0.3, 0.4) is 0 Å². The standard InChI is InChI=1S/C21H20Cl2N2S/c1-13(2)18-12-26-20-24-21(3,15-6-10-17(23)11-7-15)19(25(18)20)14-4-8-16(22)9-5-14/h4-13,19H,1-3H3/t19?,21-/m0/s1. The molecule has 0 bridgehead atoms. The highest BCUT2D eigenvalue weighted by molar-refractivity contribution is 8.16. The number of allylic oxidation sites excluding steroid dienone is 1. The van der Waals surface area contributed by atoms with E-state index in [1.165, 1.54) is 11.3 Å². The van der Waals surface area contributed by atoms with Gasteiger partial charge in [0.05, 0.1) is 6.04 Å². The number of hydrogen-bond acceptors (Lipinski definition) is 3. The molecule has 26 heavy (non-hydrogen) atoms. The van der Waals surface area contributed by atoms with E-state index in [0.29, 0.717) is 5.92 Å². The zero-order valence-corrected chi connectivity index (χ0v) is 17.2. The maximum Gasteiger partial charge on any atom is 0.169 e. The summed E-state index contributed by atoms with van der Waals surface area (Å²) in [6, 6.07) is 16.3. The molecule has 2 heterocycles. The molecule has 2 nitrogen and oxygen atoms in total. The Labute approximate surface area is 168 Å². The fourth-order valence-electron chi connectivity index (χ4n) is 3.73. The normalized spacial score (nSPS) is 24.7. The molecule has 0 amide bonds. The SMILES string of the molecule is CC(C)C1=CSC2=N[C@@](C)(c3ccc(Cl)cc3)C(c3ccc(Cl)cc3)N12. The van der Waals surface area contributed by atoms with Gasteiger partial charge in [-0.15, -0.1) is 0 Å². The van der Waals surface area contributed by atoms with Crippen LogP contribution in [0, 0.1) is 5.92 Å². The fraction of sp³-hybridized carbons (Fsp3) is 0.286. The van der Waals surface area contributed by atoms with Gasteiger partial charge in [0.25, 0.3) is 0 Å². The van der Waals surface area contributed by atoms with E-state index in [2.05, 4.69) is 55.3 Å². The second kappa shape index (κ2) is 6.63. The van der Waals surface area contributed by atoms with Crippen LogP contribution >= 0.6 is 35.0 Å². The van der Waals surface area contributed by atoms with Crippen molar-refractivity contribution in [3.05, 3.63) is 80.8 Å². The lowest BCUT2D eigenvalue weighted by molar-refractivity contribution is 0.274. The summed E-state index contributed by atoms with van der Waals surface area (Å²) in [5.74, 6) is 0.428. The van der Waals surface area contributed by atoms with Gasteiger partial charge in [-0.1, -0.05) is 73.1 Å². The summed E-state index contributed by atoms with van der Waals surface area (Å²) in [6.45, 7) is 6.66. The average molecular weight is 403 g/mol. The van der Waals surface area contributed by atoms with Crippen LogP contribution in [0.2, 0.25) is 10.0 Å². The van der Waals surface area contributed by atoms with Crippen molar-refractivity contribution in [1.82, 2.24) is 4.90 Å². The van der Waals surface area contributed by atoms with Gasteiger partial charge in [0.15, 0.2) is 5.17 Å². The van der Waals surface area contributed by atoms with Crippen molar-refractivity contribution in [3.63, 3.8) is 0 Å². The second-order valence-electron chi connectivity index (χ2n) is 7.19. The third-order valence-corrected chi connectivity index (χ3v) is 6.46. The van der Waals surface area contributed by atoms with E-state index in [1.54, 1.807) is 11.8 Å². The van der Waals surface area contributed by atoms with E-state index in [-0.39, 0.29) is 6.04 Å². The predicted octanol–water partition coefficient (Wildman–Crippen LogP) is 6.87. The number of nitrogens with zero attached hydrogens (tertiary/aromatic N) is 2. The maximum atomic E-state index is 6.14. The van der Waals surface area contributed by atoms with Gasteiger partial charge in [0.1, 0.15) is 5.54 Å². The third-order valence-electron chi connectivity index (χ3n) is 5.09. The molecule has 0 spiro atoms. The Hall–Kier alpha value is -1.42. The topological polar surface area (TPSA) is 15.6 Å². The lowest BCUT2D eigenvalue weighted by atomic mass is 9.81. The molecule has 2 aromatic rings. The van der Waals surface area contributed by atoms with E-state index in [1.807, 2.05) is 24.3 Å². The smallest absolute Gasteiger partial charge is 0.169 e. The first-order valence-corrected chi connectivity index (χ1v) is 10.3. The summed E-state index contributed by atoms with van der Waals surface area (Å²) >= 11 is 14.0. The Morgan fingerprint density at radius 2 is 1.58 bits per heavy atom. The molecule has 2 aromatic carbocycles. The Morgan fingerprint density at radius 1 is 1.00 bits per heavy atom. The first-order chi connectivity index (χ1) is 12.4. The minimum atomic E-state index is -0.394. The highest BCUT2D eigenvalue weighted by Gasteiger charge is 2.50. The van der Waals surface area contributed by atoms with Gasteiger partial charge in [-0.3, -0.25) is 0 Å². The van der Waals surface area contributed by atoms with Gasteiger partial charge in [0.2, 0.25) is 0 Å². The van der Waals surface area contributed by atoms with Gasteiger partial charge in [-0.2, -0.15) is 0 Å². The Morgan fingerprint density at radius 3 is 2.15 bits per heavy atom. The molecule has 0 saturated carbocycles. The first kappa shape index (κ1) is 18.0. The highest BCUT2D eigenvalue weighted by atomic mass is 35.5. The molecule has 2 aliphatic heterocycles. The highest BCUT2D eigenvalue weighted by Crippen LogP contribution is 2.54. The summed E-state index contributed by atoms with van der Waals surface area (Å²) in [5, 5.41) is 4.78.